The molecule has 5 nitrogen and oxygen atoms in total. The first-order valence-corrected chi connectivity index (χ1v) is 11.7. The summed E-state index contributed by atoms with van der Waals surface area (Å²) in [6, 6.07) is 21.6. The third kappa shape index (κ3) is 6.03. The zero-order valence-corrected chi connectivity index (χ0v) is 19.9. The van der Waals surface area contributed by atoms with Gasteiger partial charge in [0.25, 0.3) is 0 Å². The first kappa shape index (κ1) is 22.6. The molecule has 0 aliphatic rings. The highest BCUT2D eigenvalue weighted by Gasteiger charge is 2.07. The number of amides is 1. The Balaban J connectivity index is 1.32. The van der Waals surface area contributed by atoms with Gasteiger partial charge in [0.15, 0.2) is 5.11 Å². The van der Waals surface area contributed by atoms with Crippen molar-refractivity contribution < 1.29 is 9.53 Å². The van der Waals surface area contributed by atoms with Crippen LogP contribution in [0.2, 0.25) is 0 Å². The number of aromatic nitrogens is 1. The Morgan fingerprint density at radius 2 is 1.85 bits per heavy atom. The number of fused-ring (bicyclic) bond motifs is 1. The van der Waals surface area contributed by atoms with Crippen molar-refractivity contribution in [1.82, 2.24) is 10.3 Å². The number of ether oxygens (including phenoxy) is 1. The summed E-state index contributed by atoms with van der Waals surface area (Å²) >= 11 is 6.94. The van der Waals surface area contributed by atoms with E-state index >= 15 is 0 Å². The van der Waals surface area contributed by atoms with Crippen LogP contribution < -0.4 is 15.4 Å². The van der Waals surface area contributed by atoms with Gasteiger partial charge in [-0.3, -0.25) is 10.1 Å². The first-order valence-electron chi connectivity index (χ1n) is 10.5. The van der Waals surface area contributed by atoms with Crippen LogP contribution in [-0.4, -0.2) is 22.6 Å². The molecule has 0 saturated carbocycles. The van der Waals surface area contributed by atoms with Gasteiger partial charge < -0.3 is 10.1 Å². The maximum Gasteiger partial charge on any atom is 0.250 e. The van der Waals surface area contributed by atoms with Crippen LogP contribution in [0.15, 0.2) is 72.8 Å². The number of aryl methyl sites for hydroxylation is 1. The number of anilines is 1. The number of carbonyl (C=O) groups excluding carboxylic acids is 1. The molecule has 1 aromatic heterocycles. The minimum atomic E-state index is -0.303. The molecule has 1 heterocycles. The number of nitrogens with one attached hydrogen (secondary N) is 2. The summed E-state index contributed by atoms with van der Waals surface area (Å²) in [5, 5.41) is 6.90. The first-order chi connectivity index (χ1) is 16.0. The molecule has 1 amide bonds. The number of nitrogens with zero attached hydrogens (tertiary/aromatic N) is 1. The minimum Gasteiger partial charge on any atom is -0.494 e. The van der Waals surface area contributed by atoms with Crippen LogP contribution in [0.5, 0.6) is 5.75 Å². The Labute approximate surface area is 202 Å². The van der Waals surface area contributed by atoms with Crippen molar-refractivity contribution in [2.45, 2.75) is 13.8 Å². The Bertz CT molecular complexity index is 1310. The van der Waals surface area contributed by atoms with Gasteiger partial charge in [0.2, 0.25) is 5.91 Å². The Morgan fingerprint density at radius 1 is 1.09 bits per heavy atom. The third-order valence-corrected chi connectivity index (χ3v) is 6.06. The van der Waals surface area contributed by atoms with Crippen molar-refractivity contribution in [3.8, 4) is 16.3 Å². The molecule has 0 radical (unpaired) electrons. The van der Waals surface area contributed by atoms with E-state index in [1.54, 1.807) is 17.4 Å². The molecule has 2 N–H and O–H groups in total. The molecule has 166 valence electrons. The molecular formula is C26H23N3O2S2. The van der Waals surface area contributed by atoms with Crippen LogP contribution in [0, 0.1) is 6.92 Å². The van der Waals surface area contributed by atoms with Gasteiger partial charge in [-0.25, -0.2) is 4.98 Å². The fourth-order valence-corrected chi connectivity index (χ4v) is 4.47. The SMILES string of the molecule is CCOc1ccc(/C=C/C(=O)NC(=S)Nc2ccc(-c3nc4ccc(C)cc4s3)cc2)cc1. The van der Waals surface area contributed by atoms with Gasteiger partial charge in [-0.05, 0) is 91.8 Å². The van der Waals surface area contributed by atoms with Crippen LogP contribution in [-0.2, 0) is 4.79 Å². The van der Waals surface area contributed by atoms with Crippen molar-refractivity contribution in [3.05, 3.63) is 83.9 Å². The van der Waals surface area contributed by atoms with E-state index in [4.69, 9.17) is 21.9 Å². The minimum absolute atomic E-state index is 0.236. The number of rotatable bonds is 6. The molecular weight excluding hydrogens is 450 g/mol. The summed E-state index contributed by atoms with van der Waals surface area (Å²) < 4.78 is 6.59. The molecule has 0 bridgehead atoms. The predicted molar refractivity (Wildman–Crippen MR) is 141 cm³/mol. The summed E-state index contributed by atoms with van der Waals surface area (Å²) in [7, 11) is 0. The van der Waals surface area contributed by atoms with Gasteiger partial charge in [-0.1, -0.05) is 18.2 Å². The van der Waals surface area contributed by atoms with Gasteiger partial charge in [-0.15, -0.1) is 11.3 Å². The third-order valence-electron chi connectivity index (χ3n) is 4.79. The Morgan fingerprint density at radius 3 is 2.58 bits per heavy atom. The number of carbonyl (C=O) groups is 1. The average Bonchev–Trinajstić information content (AvgIpc) is 3.22. The van der Waals surface area contributed by atoms with E-state index in [1.165, 1.54) is 16.3 Å². The lowest BCUT2D eigenvalue weighted by atomic mass is 10.2. The number of hydrogen-bond donors (Lipinski definition) is 2. The smallest absolute Gasteiger partial charge is 0.250 e. The highest BCUT2D eigenvalue weighted by Crippen LogP contribution is 2.31. The van der Waals surface area contributed by atoms with E-state index in [0.717, 1.165) is 33.1 Å². The highest BCUT2D eigenvalue weighted by molar-refractivity contribution is 7.80. The van der Waals surface area contributed by atoms with Crippen molar-refractivity contribution in [2.75, 3.05) is 11.9 Å². The number of benzene rings is 3. The fraction of sp³-hybridized carbons (Fsp3) is 0.115. The molecule has 0 atom stereocenters. The van der Waals surface area contributed by atoms with Crippen molar-refractivity contribution in [3.63, 3.8) is 0 Å². The molecule has 0 aliphatic heterocycles. The lowest BCUT2D eigenvalue weighted by Gasteiger charge is -2.08. The molecule has 3 aromatic carbocycles. The summed E-state index contributed by atoms with van der Waals surface area (Å²) in [5.74, 6) is 0.497. The molecule has 0 fully saturated rings. The van der Waals surface area contributed by atoms with E-state index in [0.29, 0.717) is 6.61 Å². The zero-order valence-electron chi connectivity index (χ0n) is 18.3. The summed E-state index contributed by atoms with van der Waals surface area (Å²) in [5.41, 5.74) is 4.95. The van der Waals surface area contributed by atoms with Crippen molar-refractivity contribution >= 4 is 56.6 Å². The zero-order chi connectivity index (χ0) is 23.2. The summed E-state index contributed by atoms with van der Waals surface area (Å²) in [6.07, 6.45) is 3.17. The van der Waals surface area contributed by atoms with Gasteiger partial charge in [-0.2, -0.15) is 0 Å². The molecule has 33 heavy (non-hydrogen) atoms. The average molecular weight is 474 g/mol. The van der Waals surface area contributed by atoms with Crippen LogP contribution in [0.25, 0.3) is 26.9 Å². The topological polar surface area (TPSA) is 63.2 Å². The lowest BCUT2D eigenvalue weighted by molar-refractivity contribution is -0.115. The maximum atomic E-state index is 12.2. The molecule has 0 aliphatic carbocycles. The number of hydrogen-bond acceptors (Lipinski definition) is 5. The Hall–Kier alpha value is -3.55. The van der Waals surface area contributed by atoms with Gasteiger partial charge in [0.1, 0.15) is 10.8 Å². The monoisotopic (exact) mass is 473 g/mol. The molecule has 0 saturated heterocycles. The largest absolute Gasteiger partial charge is 0.494 e. The van der Waals surface area contributed by atoms with Crippen LogP contribution in [0.4, 0.5) is 5.69 Å². The normalized spacial score (nSPS) is 11.0. The highest BCUT2D eigenvalue weighted by atomic mass is 32.1. The summed E-state index contributed by atoms with van der Waals surface area (Å²) in [4.78, 5) is 16.9. The second-order valence-electron chi connectivity index (χ2n) is 7.35. The number of thiocarbonyl (C=S) groups is 1. The molecule has 0 spiro atoms. The van der Waals surface area contributed by atoms with E-state index < -0.39 is 0 Å². The second kappa shape index (κ2) is 10.4. The van der Waals surface area contributed by atoms with E-state index in [-0.39, 0.29) is 11.0 Å². The second-order valence-corrected chi connectivity index (χ2v) is 8.79. The van der Waals surface area contributed by atoms with E-state index in [9.17, 15) is 4.79 Å². The fourth-order valence-electron chi connectivity index (χ4n) is 3.18. The molecule has 7 heteroatoms. The lowest BCUT2D eigenvalue weighted by Crippen LogP contribution is -2.32. The molecule has 4 aromatic rings. The standard InChI is InChI=1S/C26H23N3O2S2/c1-3-31-21-12-5-18(6-13-21)7-15-24(30)29-26(32)27-20-10-8-19(9-11-20)25-28-22-14-4-17(2)16-23(22)33-25/h4-16H,3H2,1-2H3,(H2,27,29,30,32)/b15-7+. The number of thiazole rings is 1. The maximum absolute atomic E-state index is 12.2. The van der Waals surface area contributed by atoms with E-state index in [2.05, 4.69) is 29.7 Å². The van der Waals surface area contributed by atoms with Gasteiger partial charge in [0, 0.05) is 17.3 Å². The van der Waals surface area contributed by atoms with E-state index in [1.807, 2.05) is 61.5 Å². The van der Waals surface area contributed by atoms with Crippen molar-refractivity contribution in [1.29, 1.82) is 0 Å². The van der Waals surface area contributed by atoms with Crippen molar-refractivity contribution in [2.24, 2.45) is 0 Å². The Kier molecular flexibility index (Phi) is 7.12. The quantitative estimate of drug-likeness (QED) is 0.258. The van der Waals surface area contributed by atoms with Crippen LogP contribution >= 0.6 is 23.6 Å². The van der Waals surface area contributed by atoms with Gasteiger partial charge >= 0.3 is 0 Å². The van der Waals surface area contributed by atoms with Crippen LogP contribution in [0.1, 0.15) is 18.1 Å². The predicted octanol–water partition coefficient (Wildman–Crippen LogP) is 6.20. The summed E-state index contributed by atoms with van der Waals surface area (Å²) in [6.45, 7) is 4.64. The molecule has 0 unspecified atom stereocenters. The van der Waals surface area contributed by atoms with Gasteiger partial charge in [0.05, 0.1) is 16.8 Å². The van der Waals surface area contributed by atoms with Crippen LogP contribution in [0.3, 0.4) is 0 Å². The molecule has 4 rings (SSSR count).